The second-order valence-electron chi connectivity index (χ2n) is 5.51. The van der Waals surface area contributed by atoms with Gasteiger partial charge in [-0.25, -0.2) is 5.43 Å². The molecule has 0 spiro atoms. The molecule has 0 heterocycles. The van der Waals surface area contributed by atoms with E-state index in [0.29, 0.717) is 23.8 Å². The smallest absolute Gasteiger partial charge is 0.240 e. The summed E-state index contributed by atoms with van der Waals surface area (Å²) in [6.07, 6.45) is 1.57. The first-order valence-corrected chi connectivity index (χ1v) is 8.60. The Kier molecular flexibility index (Phi) is 7.84. The SMILES string of the molecule is CCOc1ccccc1C=NNC(=O)CCC(=O)Nc1ccccc1OC. The Morgan fingerprint density at radius 2 is 1.67 bits per heavy atom. The van der Waals surface area contributed by atoms with E-state index in [2.05, 4.69) is 15.8 Å². The van der Waals surface area contributed by atoms with Crippen molar-refractivity contribution in [1.29, 1.82) is 0 Å². The number of methoxy groups -OCH3 is 1. The summed E-state index contributed by atoms with van der Waals surface area (Å²) < 4.78 is 10.7. The third kappa shape index (κ3) is 6.47. The van der Waals surface area contributed by atoms with E-state index in [1.54, 1.807) is 18.2 Å². The Hall–Kier alpha value is -3.35. The maximum Gasteiger partial charge on any atom is 0.240 e. The maximum atomic E-state index is 12.0. The van der Waals surface area contributed by atoms with Crippen molar-refractivity contribution in [2.45, 2.75) is 19.8 Å². The lowest BCUT2D eigenvalue weighted by molar-refractivity contribution is -0.124. The molecule has 2 rings (SSSR count). The molecule has 2 aromatic rings. The van der Waals surface area contributed by atoms with Gasteiger partial charge in [0.1, 0.15) is 11.5 Å². The number of hydrogen-bond donors (Lipinski definition) is 2. The molecule has 0 aromatic heterocycles. The molecule has 0 unspecified atom stereocenters. The Balaban J connectivity index is 1.80. The summed E-state index contributed by atoms with van der Waals surface area (Å²) in [5, 5.41) is 6.64. The van der Waals surface area contributed by atoms with Gasteiger partial charge in [-0.1, -0.05) is 24.3 Å². The number of hydrogen-bond acceptors (Lipinski definition) is 5. The molecule has 27 heavy (non-hydrogen) atoms. The zero-order valence-electron chi connectivity index (χ0n) is 15.4. The molecule has 0 aliphatic rings. The first kappa shape index (κ1) is 20.0. The second-order valence-corrected chi connectivity index (χ2v) is 5.51. The van der Waals surface area contributed by atoms with E-state index >= 15 is 0 Å². The Morgan fingerprint density at radius 1 is 1.00 bits per heavy atom. The van der Waals surface area contributed by atoms with Gasteiger partial charge in [0.25, 0.3) is 0 Å². The molecule has 0 fully saturated rings. The minimum absolute atomic E-state index is 0.0193. The molecule has 0 saturated heterocycles. The van der Waals surface area contributed by atoms with E-state index in [1.165, 1.54) is 13.3 Å². The van der Waals surface area contributed by atoms with Gasteiger partial charge >= 0.3 is 0 Å². The number of benzene rings is 2. The van der Waals surface area contributed by atoms with Crippen LogP contribution in [0.1, 0.15) is 25.3 Å². The Labute approximate surface area is 158 Å². The molecule has 7 heteroatoms. The molecule has 0 saturated carbocycles. The summed E-state index contributed by atoms with van der Waals surface area (Å²) >= 11 is 0. The average molecular weight is 369 g/mol. The number of carbonyl (C=O) groups is 2. The monoisotopic (exact) mass is 369 g/mol. The van der Waals surface area contributed by atoms with E-state index < -0.39 is 0 Å². The summed E-state index contributed by atoms with van der Waals surface area (Å²) in [5.41, 5.74) is 3.74. The maximum absolute atomic E-state index is 12.0. The highest BCUT2D eigenvalue weighted by Crippen LogP contribution is 2.23. The molecule has 2 aromatic carbocycles. The summed E-state index contributed by atoms with van der Waals surface area (Å²) in [7, 11) is 1.53. The van der Waals surface area contributed by atoms with Gasteiger partial charge in [0, 0.05) is 18.4 Å². The van der Waals surface area contributed by atoms with Gasteiger partial charge in [-0.15, -0.1) is 0 Å². The standard InChI is InChI=1S/C20H23N3O4/c1-3-27-17-10-6-4-8-15(17)14-21-23-20(25)13-12-19(24)22-16-9-5-7-11-18(16)26-2/h4-11,14H,3,12-13H2,1-2H3,(H,22,24)(H,23,25). The normalized spacial score (nSPS) is 10.4. The first-order chi connectivity index (χ1) is 13.1. The second kappa shape index (κ2) is 10.6. The number of para-hydroxylation sites is 3. The van der Waals surface area contributed by atoms with Crippen molar-refractivity contribution in [1.82, 2.24) is 5.43 Å². The van der Waals surface area contributed by atoms with Crippen molar-refractivity contribution in [3.05, 3.63) is 54.1 Å². The summed E-state index contributed by atoms with van der Waals surface area (Å²) in [5.74, 6) is 0.623. The molecule has 142 valence electrons. The van der Waals surface area contributed by atoms with Crippen molar-refractivity contribution < 1.29 is 19.1 Å². The Morgan fingerprint density at radius 3 is 2.41 bits per heavy atom. The molecule has 2 amide bonds. The predicted molar refractivity (Wildman–Crippen MR) is 104 cm³/mol. The van der Waals surface area contributed by atoms with Crippen LogP contribution in [-0.2, 0) is 9.59 Å². The van der Waals surface area contributed by atoms with Crippen LogP contribution in [0.5, 0.6) is 11.5 Å². The molecule has 0 radical (unpaired) electrons. The first-order valence-electron chi connectivity index (χ1n) is 8.60. The number of rotatable bonds is 9. The zero-order chi connectivity index (χ0) is 19.5. The number of ether oxygens (including phenoxy) is 2. The minimum atomic E-state index is -0.352. The third-order valence-corrected chi connectivity index (χ3v) is 3.57. The molecule has 0 atom stereocenters. The number of nitrogens with zero attached hydrogens (tertiary/aromatic N) is 1. The average Bonchev–Trinajstić information content (AvgIpc) is 2.68. The van der Waals surface area contributed by atoms with Crippen LogP contribution in [0, 0.1) is 0 Å². The van der Waals surface area contributed by atoms with E-state index in [-0.39, 0.29) is 24.7 Å². The largest absolute Gasteiger partial charge is 0.495 e. The third-order valence-electron chi connectivity index (χ3n) is 3.57. The predicted octanol–water partition coefficient (Wildman–Crippen LogP) is 2.96. The van der Waals surface area contributed by atoms with Gasteiger partial charge in [0.05, 0.1) is 25.6 Å². The fourth-order valence-electron chi connectivity index (χ4n) is 2.29. The molecule has 0 aliphatic carbocycles. The van der Waals surface area contributed by atoms with E-state index in [9.17, 15) is 9.59 Å². The van der Waals surface area contributed by atoms with Crippen LogP contribution in [-0.4, -0.2) is 31.7 Å². The molecular weight excluding hydrogens is 346 g/mol. The lowest BCUT2D eigenvalue weighted by atomic mass is 10.2. The highest BCUT2D eigenvalue weighted by Gasteiger charge is 2.09. The molecular formula is C20H23N3O4. The number of carbonyl (C=O) groups excluding carboxylic acids is 2. The Bertz CT molecular complexity index is 805. The van der Waals surface area contributed by atoms with Gasteiger partial charge in [-0.2, -0.15) is 5.10 Å². The quantitative estimate of drug-likeness (QED) is 0.525. The lowest BCUT2D eigenvalue weighted by Crippen LogP contribution is -2.20. The lowest BCUT2D eigenvalue weighted by Gasteiger charge is -2.09. The van der Waals surface area contributed by atoms with E-state index in [4.69, 9.17) is 9.47 Å². The van der Waals surface area contributed by atoms with Crippen molar-refractivity contribution in [2.24, 2.45) is 5.10 Å². The van der Waals surface area contributed by atoms with Gasteiger partial charge in [-0.05, 0) is 31.2 Å². The van der Waals surface area contributed by atoms with Crippen molar-refractivity contribution in [2.75, 3.05) is 19.0 Å². The number of anilines is 1. The van der Waals surface area contributed by atoms with E-state index in [1.807, 2.05) is 37.3 Å². The van der Waals surface area contributed by atoms with Crippen LogP contribution < -0.4 is 20.2 Å². The molecule has 0 bridgehead atoms. The summed E-state index contributed by atoms with van der Waals surface area (Å²) in [4.78, 5) is 23.9. The number of amides is 2. The van der Waals surface area contributed by atoms with Gasteiger partial charge < -0.3 is 14.8 Å². The van der Waals surface area contributed by atoms with Gasteiger partial charge in [0.15, 0.2) is 0 Å². The van der Waals surface area contributed by atoms with E-state index in [0.717, 1.165) is 5.56 Å². The summed E-state index contributed by atoms with van der Waals surface area (Å²) in [6.45, 7) is 2.43. The van der Waals surface area contributed by atoms with Crippen molar-refractivity contribution >= 4 is 23.7 Å². The van der Waals surface area contributed by atoms with Crippen LogP contribution in [0.25, 0.3) is 0 Å². The molecule has 2 N–H and O–H groups in total. The highest BCUT2D eigenvalue weighted by molar-refractivity contribution is 5.94. The van der Waals surface area contributed by atoms with Crippen LogP contribution in [0.15, 0.2) is 53.6 Å². The van der Waals surface area contributed by atoms with Crippen LogP contribution in [0.2, 0.25) is 0 Å². The van der Waals surface area contributed by atoms with Crippen molar-refractivity contribution in [3.8, 4) is 11.5 Å². The molecule has 0 aliphatic heterocycles. The summed E-state index contributed by atoms with van der Waals surface area (Å²) in [6, 6.07) is 14.5. The van der Waals surface area contributed by atoms with Gasteiger partial charge in [0.2, 0.25) is 11.8 Å². The van der Waals surface area contributed by atoms with Crippen LogP contribution in [0.4, 0.5) is 5.69 Å². The fraction of sp³-hybridized carbons (Fsp3) is 0.250. The molecule has 7 nitrogen and oxygen atoms in total. The van der Waals surface area contributed by atoms with Crippen LogP contribution >= 0.6 is 0 Å². The minimum Gasteiger partial charge on any atom is -0.495 e. The topological polar surface area (TPSA) is 89.0 Å². The number of nitrogens with one attached hydrogen (secondary N) is 2. The highest BCUT2D eigenvalue weighted by atomic mass is 16.5. The van der Waals surface area contributed by atoms with Crippen molar-refractivity contribution in [3.63, 3.8) is 0 Å². The zero-order valence-corrected chi connectivity index (χ0v) is 15.4. The fourth-order valence-corrected chi connectivity index (χ4v) is 2.29. The van der Waals surface area contributed by atoms with Gasteiger partial charge in [-0.3, -0.25) is 9.59 Å². The number of hydrazone groups is 1. The van der Waals surface area contributed by atoms with Crippen LogP contribution in [0.3, 0.4) is 0 Å².